The van der Waals surface area contributed by atoms with Gasteiger partial charge in [-0.05, 0) is 31.0 Å². The zero-order chi connectivity index (χ0) is 15.4. The molecule has 2 rings (SSSR count). The minimum atomic E-state index is -0.357. The first-order valence-corrected chi connectivity index (χ1v) is 7.45. The fourth-order valence-corrected chi connectivity index (χ4v) is 2.29. The van der Waals surface area contributed by atoms with Crippen molar-refractivity contribution in [2.45, 2.75) is 26.2 Å². The van der Waals surface area contributed by atoms with Crippen LogP contribution < -0.4 is 0 Å². The third-order valence-electron chi connectivity index (χ3n) is 3.07. The van der Waals surface area contributed by atoms with Crippen molar-refractivity contribution in [2.24, 2.45) is 0 Å². The summed E-state index contributed by atoms with van der Waals surface area (Å²) in [5.41, 5.74) is 1.52. The first-order chi connectivity index (χ1) is 10.0. The van der Waals surface area contributed by atoms with Crippen molar-refractivity contribution in [3.8, 4) is 5.69 Å². The van der Waals surface area contributed by atoms with Gasteiger partial charge in [-0.15, -0.1) is 0 Å². The number of nitrogens with zero attached hydrogens (tertiary/aromatic N) is 2. The molecule has 0 bridgehead atoms. The SMILES string of the molecule is CCCOC(=O)C(C)c1ccc(-n2cc(Cl)cn2)c(Cl)c1. The highest BCUT2D eigenvalue weighted by molar-refractivity contribution is 6.32. The monoisotopic (exact) mass is 326 g/mol. The van der Waals surface area contributed by atoms with Gasteiger partial charge in [0, 0.05) is 6.20 Å². The first-order valence-electron chi connectivity index (χ1n) is 6.69. The first kappa shape index (κ1) is 15.9. The Morgan fingerprint density at radius 2 is 2.19 bits per heavy atom. The van der Waals surface area contributed by atoms with E-state index in [9.17, 15) is 4.79 Å². The molecule has 1 atom stereocenters. The van der Waals surface area contributed by atoms with Crippen LogP contribution in [0.15, 0.2) is 30.6 Å². The highest BCUT2D eigenvalue weighted by atomic mass is 35.5. The normalized spacial score (nSPS) is 12.2. The van der Waals surface area contributed by atoms with Crippen molar-refractivity contribution in [1.29, 1.82) is 0 Å². The second-order valence-electron chi connectivity index (χ2n) is 4.70. The van der Waals surface area contributed by atoms with Gasteiger partial charge in [0.1, 0.15) is 0 Å². The number of esters is 1. The molecular formula is C15H16Cl2N2O2. The number of ether oxygens (including phenoxy) is 1. The largest absolute Gasteiger partial charge is 0.465 e. The molecule has 2 aromatic rings. The van der Waals surface area contributed by atoms with E-state index in [-0.39, 0.29) is 11.9 Å². The molecule has 21 heavy (non-hydrogen) atoms. The molecule has 112 valence electrons. The number of carbonyl (C=O) groups is 1. The third kappa shape index (κ3) is 3.77. The third-order valence-corrected chi connectivity index (χ3v) is 3.57. The maximum atomic E-state index is 11.9. The molecule has 0 N–H and O–H groups in total. The molecular weight excluding hydrogens is 311 g/mol. The predicted octanol–water partition coefficient (Wildman–Crippen LogP) is 4.24. The van der Waals surface area contributed by atoms with E-state index in [0.717, 1.165) is 12.0 Å². The Bertz CT molecular complexity index is 640. The van der Waals surface area contributed by atoms with Crippen LogP contribution in [0.2, 0.25) is 10.0 Å². The van der Waals surface area contributed by atoms with Gasteiger partial charge in [-0.3, -0.25) is 4.79 Å². The van der Waals surface area contributed by atoms with E-state index in [4.69, 9.17) is 27.9 Å². The van der Waals surface area contributed by atoms with Crippen molar-refractivity contribution in [3.05, 3.63) is 46.2 Å². The number of hydrogen-bond donors (Lipinski definition) is 0. The number of aromatic nitrogens is 2. The van der Waals surface area contributed by atoms with Gasteiger partial charge >= 0.3 is 5.97 Å². The molecule has 0 radical (unpaired) electrons. The van der Waals surface area contributed by atoms with E-state index in [0.29, 0.717) is 22.3 Å². The van der Waals surface area contributed by atoms with Crippen molar-refractivity contribution >= 4 is 29.2 Å². The molecule has 0 saturated carbocycles. The lowest BCUT2D eigenvalue weighted by atomic mass is 10.0. The van der Waals surface area contributed by atoms with E-state index in [1.54, 1.807) is 23.9 Å². The fourth-order valence-electron chi connectivity index (χ4n) is 1.87. The van der Waals surface area contributed by atoms with Crippen molar-refractivity contribution < 1.29 is 9.53 Å². The van der Waals surface area contributed by atoms with Crippen LogP contribution in [0.3, 0.4) is 0 Å². The smallest absolute Gasteiger partial charge is 0.313 e. The van der Waals surface area contributed by atoms with Crippen LogP contribution in [-0.4, -0.2) is 22.4 Å². The quantitative estimate of drug-likeness (QED) is 0.772. The van der Waals surface area contributed by atoms with Gasteiger partial charge in [0.2, 0.25) is 0 Å². The lowest BCUT2D eigenvalue weighted by Gasteiger charge is -2.13. The molecule has 1 heterocycles. The summed E-state index contributed by atoms with van der Waals surface area (Å²) in [6.07, 6.45) is 4.01. The summed E-state index contributed by atoms with van der Waals surface area (Å²) >= 11 is 12.1. The molecule has 0 fully saturated rings. The standard InChI is InChI=1S/C15H16Cl2N2O2/c1-3-6-21-15(20)10(2)11-4-5-14(13(17)7-11)19-9-12(16)8-18-19/h4-5,7-10H,3,6H2,1-2H3. The Morgan fingerprint density at radius 3 is 2.76 bits per heavy atom. The van der Waals surface area contributed by atoms with E-state index < -0.39 is 0 Å². The molecule has 0 aliphatic rings. The van der Waals surface area contributed by atoms with Crippen molar-refractivity contribution in [3.63, 3.8) is 0 Å². The average molecular weight is 327 g/mol. The van der Waals surface area contributed by atoms with Gasteiger partial charge in [-0.2, -0.15) is 5.10 Å². The summed E-state index contributed by atoms with van der Waals surface area (Å²) in [5.74, 6) is -0.605. The number of hydrogen-bond acceptors (Lipinski definition) is 3. The average Bonchev–Trinajstić information content (AvgIpc) is 2.90. The van der Waals surface area contributed by atoms with E-state index >= 15 is 0 Å². The molecule has 0 spiro atoms. The zero-order valence-corrected chi connectivity index (χ0v) is 13.4. The van der Waals surface area contributed by atoms with Crippen LogP contribution in [-0.2, 0) is 9.53 Å². The molecule has 1 unspecified atom stereocenters. The number of halogens is 2. The molecule has 4 nitrogen and oxygen atoms in total. The van der Waals surface area contributed by atoms with Crippen LogP contribution >= 0.6 is 23.2 Å². The van der Waals surface area contributed by atoms with Crippen LogP contribution in [0.1, 0.15) is 31.7 Å². The molecule has 1 aromatic heterocycles. The summed E-state index contributed by atoms with van der Waals surface area (Å²) in [4.78, 5) is 11.9. The van der Waals surface area contributed by atoms with Crippen LogP contribution in [0, 0.1) is 0 Å². The second kappa shape index (κ2) is 6.96. The van der Waals surface area contributed by atoms with Gasteiger partial charge < -0.3 is 4.74 Å². The summed E-state index contributed by atoms with van der Waals surface area (Å²) in [7, 11) is 0. The highest BCUT2D eigenvalue weighted by Crippen LogP contribution is 2.26. The maximum Gasteiger partial charge on any atom is 0.313 e. The van der Waals surface area contributed by atoms with E-state index in [2.05, 4.69) is 5.10 Å². The molecule has 1 aromatic carbocycles. The van der Waals surface area contributed by atoms with Crippen LogP contribution in [0.5, 0.6) is 0 Å². The number of carbonyl (C=O) groups excluding carboxylic acids is 1. The lowest BCUT2D eigenvalue weighted by molar-refractivity contribution is -0.145. The predicted molar refractivity (Wildman–Crippen MR) is 83.2 cm³/mol. The van der Waals surface area contributed by atoms with Gasteiger partial charge in [0.25, 0.3) is 0 Å². The Morgan fingerprint density at radius 1 is 1.43 bits per heavy atom. The number of benzene rings is 1. The minimum Gasteiger partial charge on any atom is -0.465 e. The van der Waals surface area contributed by atoms with Crippen LogP contribution in [0.4, 0.5) is 0 Å². The number of rotatable bonds is 5. The Kier molecular flexibility index (Phi) is 5.26. The van der Waals surface area contributed by atoms with Crippen LogP contribution in [0.25, 0.3) is 5.69 Å². The van der Waals surface area contributed by atoms with Crippen molar-refractivity contribution in [1.82, 2.24) is 9.78 Å². The van der Waals surface area contributed by atoms with Gasteiger partial charge in [0.05, 0.1) is 34.5 Å². The Labute approximate surface area is 133 Å². The minimum absolute atomic E-state index is 0.247. The lowest BCUT2D eigenvalue weighted by Crippen LogP contribution is -2.14. The summed E-state index contributed by atoms with van der Waals surface area (Å²) in [6, 6.07) is 5.41. The summed E-state index contributed by atoms with van der Waals surface area (Å²) < 4.78 is 6.74. The van der Waals surface area contributed by atoms with E-state index in [1.165, 1.54) is 6.20 Å². The van der Waals surface area contributed by atoms with Gasteiger partial charge in [0.15, 0.2) is 0 Å². The molecule has 0 aliphatic carbocycles. The molecule has 0 aliphatic heterocycles. The summed E-state index contributed by atoms with van der Waals surface area (Å²) in [5, 5.41) is 5.14. The molecule has 6 heteroatoms. The highest BCUT2D eigenvalue weighted by Gasteiger charge is 2.18. The zero-order valence-electron chi connectivity index (χ0n) is 11.8. The topological polar surface area (TPSA) is 44.1 Å². The Hall–Kier alpha value is -1.52. The molecule has 0 amide bonds. The fraction of sp³-hybridized carbons (Fsp3) is 0.333. The second-order valence-corrected chi connectivity index (χ2v) is 5.55. The summed E-state index contributed by atoms with van der Waals surface area (Å²) in [6.45, 7) is 4.19. The van der Waals surface area contributed by atoms with Crippen molar-refractivity contribution in [2.75, 3.05) is 6.61 Å². The molecule has 0 saturated heterocycles. The van der Waals surface area contributed by atoms with Gasteiger partial charge in [-0.25, -0.2) is 4.68 Å². The Balaban J connectivity index is 2.20. The van der Waals surface area contributed by atoms with Gasteiger partial charge in [-0.1, -0.05) is 36.2 Å². The maximum absolute atomic E-state index is 11.9. The van der Waals surface area contributed by atoms with E-state index in [1.807, 2.05) is 19.1 Å².